The molecule has 0 bridgehead atoms. The van der Waals surface area contributed by atoms with E-state index in [1.54, 1.807) is 0 Å². The van der Waals surface area contributed by atoms with Gasteiger partial charge in [0.1, 0.15) is 6.04 Å². The number of amides is 1. The molecule has 1 atom stereocenters. The van der Waals surface area contributed by atoms with Crippen LogP contribution in [-0.2, 0) is 4.79 Å². The second-order valence-corrected chi connectivity index (χ2v) is 5.43. The van der Waals surface area contributed by atoms with Crippen LogP contribution in [0.4, 0.5) is 0 Å². The first-order valence-electron chi connectivity index (χ1n) is 5.51. The first kappa shape index (κ1) is 12.5. The fourth-order valence-electron chi connectivity index (χ4n) is 1.58. The molecular weight excluding hydrogens is 190 g/mol. The van der Waals surface area contributed by atoms with E-state index in [1.165, 1.54) is 0 Å². The normalized spacial score (nSPS) is 21.5. The lowest BCUT2D eigenvalue weighted by molar-refractivity contribution is -0.136. The van der Waals surface area contributed by atoms with Gasteiger partial charge in [-0.3, -0.25) is 4.79 Å². The summed E-state index contributed by atoms with van der Waals surface area (Å²) in [4.78, 5) is 16.0. The van der Waals surface area contributed by atoms with Gasteiger partial charge in [0, 0.05) is 26.2 Å². The molecule has 0 aliphatic carbocycles. The second-order valence-electron chi connectivity index (χ2n) is 5.43. The highest BCUT2D eigenvalue weighted by Gasteiger charge is 2.32. The van der Waals surface area contributed by atoms with E-state index in [4.69, 9.17) is 5.73 Å². The Morgan fingerprint density at radius 3 is 2.07 bits per heavy atom. The topological polar surface area (TPSA) is 47.4 Å². The summed E-state index contributed by atoms with van der Waals surface area (Å²) in [5.74, 6) is -0.0180. The summed E-state index contributed by atoms with van der Waals surface area (Å²) >= 11 is 0. The predicted octanol–water partition coefficient (Wildman–Crippen LogP) is 0.458. The van der Waals surface area contributed by atoms with Gasteiger partial charge in [0.2, 0.25) is 5.91 Å². The van der Waals surface area contributed by atoms with Crippen molar-refractivity contribution < 1.29 is 4.79 Å². The van der Waals surface area contributed by atoms with Gasteiger partial charge in [-0.2, -0.15) is 0 Å². The van der Waals surface area contributed by atoms with Crippen LogP contribution >= 0.6 is 0 Å². The first-order valence-corrected chi connectivity index (χ1v) is 5.51. The zero-order chi connectivity index (χ0) is 11.6. The van der Waals surface area contributed by atoms with Crippen molar-refractivity contribution in [2.75, 3.05) is 33.2 Å². The quantitative estimate of drug-likeness (QED) is 0.634. The lowest BCUT2D eigenvalue weighted by Gasteiger charge is -2.36. The van der Waals surface area contributed by atoms with E-state index in [2.05, 4.69) is 11.9 Å². The van der Waals surface area contributed by atoms with Gasteiger partial charge >= 0.3 is 0 Å². The number of carbonyl (C=O) groups excluding carboxylic acids is 1. The molecule has 1 saturated heterocycles. The van der Waals surface area contributed by atoms with Crippen molar-refractivity contribution in [2.45, 2.75) is 26.8 Å². The minimum atomic E-state index is -0.638. The van der Waals surface area contributed by atoms with Gasteiger partial charge in [-0.1, -0.05) is 20.8 Å². The van der Waals surface area contributed by atoms with Crippen LogP contribution in [0.3, 0.4) is 0 Å². The van der Waals surface area contributed by atoms with Gasteiger partial charge in [-0.15, -0.1) is 0 Å². The number of rotatable bonds is 1. The summed E-state index contributed by atoms with van der Waals surface area (Å²) in [6.07, 6.45) is 0. The molecule has 1 aliphatic heterocycles. The van der Waals surface area contributed by atoms with Gasteiger partial charge in [0.05, 0.1) is 0 Å². The molecule has 15 heavy (non-hydrogen) atoms. The van der Waals surface area contributed by atoms with Crippen molar-refractivity contribution in [1.29, 1.82) is 0 Å². The molecular formula is C11H22N3O. The number of nitrogens with zero attached hydrogens (tertiary/aromatic N) is 2. The average molecular weight is 212 g/mol. The highest BCUT2D eigenvalue weighted by atomic mass is 16.2. The zero-order valence-electron chi connectivity index (χ0n) is 10.2. The van der Waals surface area contributed by atoms with E-state index in [0.717, 1.165) is 26.2 Å². The van der Waals surface area contributed by atoms with Crippen molar-refractivity contribution in [1.82, 2.24) is 15.5 Å². The summed E-state index contributed by atoms with van der Waals surface area (Å²) < 4.78 is 0. The predicted molar refractivity (Wildman–Crippen MR) is 60.4 cm³/mol. The van der Waals surface area contributed by atoms with Crippen molar-refractivity contribution >= 4 is 5.91 Å². The maximum Gasteiger partial charge on any atom is 0.241 e. The molecule has 0 saturated carbocycles. The number of nitrogens with one attached hydrogen (secondary N) is 1. The molecule has 1 fully saturated rings. The van der Waals surface area contributed by atoms with E-state index < -0.39 is 6.04 Å². The monoisotopic (exact) mass is 212 g/mol. The molecule has 0 aromatic carbocycles. The van der Waals surface area contributed by atoms with Gasteiger partial charge in [-0.05, 0) is 12.5 Å². The Morgan fingerprint density at radius 2 is 1.67 bits per heavy atom. The van der Waals surface area contributed by atoms with Crippen LogP contribution in [0.15, 0.2) is 0 Å². The molecule has 0 spiro atoms. The van der Waals surface area contributed by atoms with Gasteiger partial charge in [0.15, 0.2) is 0 Å². The summed E-state index contributed by atoms with van der Waals surface area (Å²) in [7, 11) is 2.06. The van der Waals surface area contributed by atoms with Crippen LogP contribution < -0.4 is 5.73 Å². The van der Waals surface area contributed by atoms with Crippen molar-refractivity contribution in [3.05, 3.63) is 0 Å². The molecule has 87 valence electrons. The van der Waals surface area contributed by atoms with E-state index in [9.17, 15) is 4.79 Å². The third kappa shape index (κ3) is 3.18. The molecule has 4 heteroatoms. The first-order chi connectivity index (χ1) is 6.82. The average Bonchev–Trinajstić information content (AvgIpc) is 2.15. The van der Waals surface area contributed by atoms with Crippen LogP contribution in [0.25, 0.3) is 0 Å². The fourth-order valence-corrected chi connectivity index (χ4v) is 1.58. The number of hydrogen-bond donors (Lipinski definition) is 0. The van der Waals surface area contributed by atoms with Gasteiger partial charge in [0.25, 0.3) is 0 Å². The SMILES string of the molecule is CN1CCN(C(=O)C([NH])C(C)(C)C)CC1. The van der Waals surface area contributed by atoms with Crippen LogP contribution in [0.1, 0.15) is 20.8 Å². The molecule has 1 aliphatic rings. The summed E-state index contributed by atoms with van der Waals surface area (Å²) in [6.45, 7) is 9.20. The largest absolute Gasteiger partial charge is 0.339 e. The standard InChI is InChI=1S/C11H22N3O/c1-11(2,3)9(12)10(15)14-7-5-13(4)6-8-14/h9,12H,5-8H2,1-4H3. The lowest BCUT2D eigenvalue weighted by Crippen LogP contribution is -2.53. The van der Waals surface area contributed by atoms with Crippen molar-refractivity contribution in [3.63, 3.8) is 0 Å². The molecule has 1 radical (unpaired) electrons. The maximum atomic E-state index is 12.0. The summed E-state index contributed by atoms with van der Waals surface area (Å²) in [5.41, 5.74) is 7.65. The number of likely N-dealkylation sites (N-methyl/N-ethyl adjacent to an activating group) is 1. The van der Waals surface area contributed by atoms with E-state index in [1.807, 2.05) is 25.7 Å². The van der Waals surface area contributed by atoms with E-state index >= 15 is 0 Å². The highest BCUT2D eigenvalue weighted by Crippen LogP contribution is 2.20. The van der Waals surface area contributed by atoms with Crippen LogP contribution in [0, 0.1) is 5.41 Å². The Morgan fingerprint density at radius 1 is 1.20 bits per heavy atom. The third-order valence-corrected chi connectivity index (χ3v) is 2.93. The zero-order valence-corrected chi connectivity index (χ0v) is 10.2. The van der Waals surface area contributed by atoms with Gasteiger partial charge in [-0.25, -0.2) is 5.73 Å². The second kappa shape index (κ2) is 4.49. The summed E-state index contributed by atoms with van der Waals surface area (Å²) in [6, 6.07) is -0.638. The van der Waals surface area contributed by atoms with Crippen LogP contribution in [0.5, 0.6) is 0 Å². The van der Waals surface area contributed by atoms with Crippen molar-refractivity contribution in [3.8, 4) is 0 Å². The molecule has 1 heterocycles. The Bertz CT molecular complexity index is 226. The fraction of sp³-hybridized carbons (Fsp3) is 0.909. The van der Waals surface area contributed by atoms with Crippen LogP contribution in [-0.4, -0.2) is 55.0 Å². The Labute approximate surface area is 92.4 Å². The Balaban J connectivity index is 2.54. The van der Waals surface area contributed by atoms with Gasteiger partial charge < -0.3 is 9.80 Å². The van der Waals surface area contributed by atoms with E-state index in [-0.39, 0.29) is 11.3 Å². The van der Waals surface area contributed by atoms with E-state index in [0.29, 0.717) is 0 Å². The third-order valence-electron chi connectivity index (χ3n) is 2.93. The minimum Gasteiger partial charge on any atom is -0.339 e. The highest BCUT2D eigenvalue weighted by molar-refractivity contribution is 5.82. The molecule has 1 unspecified atom stereocenters. The Hall–Kier alpha value is -0.610. The Kier molecular flexibility index (Phi) is 3.73. The molecule has 0 aromatic heterocycles. The van der Waals surface area contributed by atoms with Crippen molar-refractivity contribution in [2.24, 2.45) is 5.41 Å². The molecule has 1 N–H and O–H groups in total. The number of piperazine rings is 1. The van der Waals surface area contributed by atoms with Crippen LogP contribution in [0.2, 0.25) is 0 Å². The molecule has 1 rings (SSSR count). The number of hydrogen-bond acceptors (Lipinski definition) is 2. The molecule has 1 amide bonds. The molecule has 0 aromatic rings. The number of carbonyl (C=O) groups is 1. The lowest BCUT2D eigenvalue weighted by atomic mass is 9.86. The summed E-state index contributed by atoms with van der Waals surface area (Å²) in [5, 5.41) is 0. The maximum absolute atomic E-state index is 12.0. The minimum absolute atomic E-state index is 0.0180. The molecule has 4 nitrogen and oxygen atoms in total. The smallest absolute Gasteiger partial charge is 0.241 e.